The Labute approximate surface area is 99.4 Å². The van der Waals surface area contributed by atoms with Crippen LogP contribution in [0, 0.1) is 0 Å². The summed E-state index contributed by atoms with van der Waals surface area (Å²) < 4.78 is 0. The van der Waals surface area contributed by atoms with E-state index in [1.165, 1.54) is 0 Å². The summed E-state index contributed by atoms with van der Waals surface area (Å²) in [4.78, 5) is 10.9. The van der Waals surface area contributed by atoms with Crippen molar-refractivity contribution < 1.29 is 0 Å². The van der Waals surface area contributed by atoms with Gasteiger partial charge in [-0.15, -0.1) is 0 Å². The normalized spacial score (nSPS) is 25.4. The maximum absolute atomic E-state index is 4.41. The van der Waals surface area contributed by atoms with E-state index < -0.39 is 0 Å². The summed E-state index contributed by atoms with van der Waals surface area (Å²) in [6.07, 6.45) is 3.39. The molecule has 0 saturated carbocycles. The fourth-order valence-corrected chi connectivity index (χ4v) is 2.30. The zero-order chi connectivity index (χ0) is 11.8. The lowest BCUT2D eigenvalue weighted by molar-refractivity contribution is 0.423. The van der Waals surface area contributed by atoms with E-state index in [9.17, 15) is 0 Å². The average Bonchev–Trinajstić information content (AvgIpc) is 2.80. The first-order chi connectivity index (χ1) is 8.25. The Balaban J connectivity index is 2.04. The summed E-state index contributed by atoms with van der Waals surface area (Å²) in [5.74, 6) is 0.976. The Morgan fingerprint density at radius 3 is 3.12 bits per heavy atom. The third kappa shape index (κ3) is 1.74. The van der Waals surface area contributed by atoms with Gasteiger partial charge >= 0.3 is 0 Å². The fraction of sp³-hybridized carbons (Fsp3) is 0.545. The Morgan fingerprint density at radius 1 is 1.35 bits per heavy atom. The Morgan fingerprint density at radius 2 is 2.24 bits per heavy atom. The molecule has 2 aromatic rings. The molecule has 1 saturated heterocycles. The van der Waals surface area contributed by atoms with Gasteiger partial charge in [0.1, 0.15) is 12.1 Å². The van der Waals surface area contributed by atoms with Gasteiger partial charge in [-0.2, -0.15) is 5.10 Å². The lowest BCUT2D eigenvalue weighted by atomic mass is 10.1. The standard InChI is InChI=1S/C11H16N6/c1-7-5-17(8(2)3-12-7)11-9-4-15-16-10(9)13-6-14-11/h4,6-8,12H,3,5H2,1-2H3,(H,13,14,15,16). The Hall–Kier alpha value is -1.69. The van der Waals surface area contributed by atoms with E-state index in [4.69, 9.17) is 0 Å². The maximum Gasteiger partial charge on any atom is 0.160 e. The van der Waals surface area contributed by atoms with Gasteiger partial charge in [0.05, 0.1) is 11.6 Å². The topological polar surface area (TPSA) is 69.7 Å². The number of fused-ring (bicyclic) bond motifs is 1. The van der Waals surface area contributed by atoms with E-state index in [0.29, 0.717) is 12.1 Å². The van der Waals surface area contributed by atoms with Crippen LogP contribution in [0.3, 0.4) is 0 Å². The first-order valence-electron chi connectivity index (χ1n) is 5.90. The largest absolute Gasteiger partial charge is 0.350 e. The number of H-pyrrole nitrogens is 1. The van der Waals surface area contributed by atoms with Crippen molar-refractivity contribution in [1.82, 2.24) is 25.5 Å². The van der Waals surface area contributed by atoms with Crippen LogP contribution >= 0.6 is 0 Å². The van der Waals surface area contributed by atoms with Gasteiger partial charge in [0.2, 0.25) is 0 Å². The summed E-state index contributed by atoms with van der Waals surface area (Å²) in [6.45, 7) is 6.32. The third-order valence-corrected chi connectivity index (χ3v) is 3.26. The molecule has 0 spiro atoms. The predicted molar refractivity (Wildman–Crippen MR) is 66.0 cm³/mol. The van der Waals surface area contributed by atoms with Crippen LogP contribution in [-0.4, -0.2) is 45.3 Å². The number of nitrogens with zero attached hydrogens (tertiary/aromatic N) is 4. The second-order valence-electron chi connectivity index (χ2n) is 4.64. The third-order valence-electron chi connectivity index (χ3n) is 3.26. The molecule has 2 aromatic heterocycles. The molecule has 0 bridgehead atoms. The second-order valence-corrected chi connectivity index (χ2v) is 4.64. The molecule has 1 aliphatic heterocycles. The monoisotopic (exact) mass is 232 g/mol. The van der Waals surface area contributed by atoms with Crippen molar-refractivity contribution in [2.45, 2.75) is 25.9 Å². The molecular formula is C11H16N6. The van der Waals surface area contributed by atoms with E-state index in [1.54, 1.807) is 12.5 Å². The molecule has 2 unspecified atom stereocenters. The lowest BCUT2D eigenvalue weighted by Gasteiger charge is -2.38. The first-order valence-corrected chi connectivity index (χ1v) is 5.90. The zero-order valence-electron chi connectivity index (χ0n) is 10.0. The van der Waals surface area contributed by atoms with Crippen LogP contribution in [0.2, 0.25) is 0 Å². The van der Waals surface area contributed by atoms with Crippen LogP contribution in [0.25, 0.3) is 11.0 Å². The highest BCUT2D eigenvalue weighted by molar-refractivity contribution is 5.86. The molecule has 2 N–H and O–H groups in total. The van der Waals surface area contributed by atoms with Crippen LogP contribution in [0.15, 0.2) is 12.5 Å². The predicted octanol–water partition coefficient (Wildman–Crippen LogP) is 0.539. The van der Waals surface area contributed by atoms with Gasteiger partial charge in [0, 0.05) is 25.2 Å². The molecule has 1 aliphatic rings. The number of piperazine rings is 1. The van der Waals surface area contributed by atoms with E-state index in [2.05, 4.69) is 44.2 Å². The molecule has 3 rings (SSSR count). The van der Waals surface area contributed by atoms with Crippen LogP contribution in [0.5, 0.6) is 0 Å². The number of hydrogen-bond acceptors (Lipinski definition) is 5. The van der Waals surface area contributed by atoms with Crippen molar-refractivity contribution in [3.63, 3.8) is 0 Å². The molecule has 0 aliphatic carbocycles. The van der Waals surface area contributed by atoms with Crippen molar-refractivity contribution in [2.24, 2.45) is 0 Å². The number of nitrogens with one attached hydrogen (secondary N) is 2. The van der Waals surface area contributed by atoms with Crippen LogP contribution in [0.4, 0.5) is 5.82 Å². The number of anilines is 1. The molecule has 6 nitrogen and oxygen atoms in total. The van der Waals surface area contributed by atoms with Crippen molar-refractivity contribution in [3.8, 4) is 0 Å². The number of rotatable bonds is 1. The van der Waals surface area contributed by atoms with Crippen LogP contribution in [-0.2, 0) is 0 Å². The van der Waals surface area contributed by atoms with Crippen molar-refractivity contribution in [2.75, 3.05) is 18.0 Å². The number of aromatic nitrogens is 4. The minimum atomic E-state index is 0.430. The average molecular weight is 232 g/mol. The zero-order valence-corrected chi connectivity index (χ0v) is 10.0. The fourth-order valence-electron chi connectivity index (χ4n) is 2.30. The SMILES string of the molecule is CC1CN(c2ncnc3[nH]ncc23)C(C)CN1. The van der Waals surface area contributed by atoms with Crippen LogP contribution in [0.1, 0.15) is 13.8 Å². The molecule has 3 heterocycles. The highest BCUT2D eigenvalue weighted by Crippen LogP contribution is 2.24. The van der Waals surface area contributed by atoms with Gasteiger partial charge in [-0.05, 0) is 13.8 Å². The summed E-state index contributed by atoms with van der Waals surface area (Å²) in [6, 6.07) is 0.905. The molecule has 1 fully saturated rings. The minimum absolute atomic E-state index is 0.430. The molecule has 0 aromatic carbocycles. The van der Waals surface area contributed by atoms with Gasteiger partial charge in [-0.3, -0.25) is 5.10 Å². The Kier molecular flexibility index (Phi) is 2.44. The molecule has 17 heavy (non-hydrogen) atoms. The quantitative estimate of drug-likeness (QED) is 0.751. The van der Waals surface area contributed by atoms with Gasteiger partial charge in [-0.1, -0.05) is 0 Å². The molecule has 2 atom stereocenters. The molecule has 90 valence electrons. The Bertz CT molecular complexity index is 521. The van der Waals surface area contributed by atoms with Gasteiger partial charge in [-0.25, -0.2) is 9.97 Å². The van der Waals surface area contributed by atoms with Crippen molar-refractivity contribution in [3.05, 3.63) is 12.5 Å². The van der Waals surface area contributed by atoms with Crippen molar-refractivity contribution in [1.29, 1.82) is 0 Å². The van der Waals surface area contributed by atoms with E-state index >= 15 is 0 Å². The van der Waals surface area contributed by atoms with Gasteiger partial charge in [0.25, 0.3) is 0 Å². The molecule has 6 heteroatoms. The minimum Gasteiger partial charge on any atom is -0.350 e. The summed E-state index contributed by atoms with van der Waals surface area (Å²) >= 11 is 0. The smallest absolute Gasteiger partial charge is 0.160 e. The molecule has 0 radical (unpaired) electrons. The van der Waals surface area contributed by atoms with Crippen molar-refractivity contribution >= 4 is 16.9 Å². The number of aromatic amines is 1. The molecule has 0 amide bonds. The summed E-state index contributed by atoms with van der Waals surface area (Å²) in [7, 11) is 0. The summed E-state index contributed by atoms with van der Waals surface area (Å²) in [5, 5.41) is 11.4. The van der Waals surface area contributed by atoms with Crippen LogP contribution < -0.4 is 10.2 Å². The second kappa shape index (κ2) is 3.96. The van der Waals surface area contributed by atoms with Gasteiger partial charge in [0.15, 0.2) is 5.65 Å². The highest BCUT2D eigenvalue weighted by atomic mass is 15.3. The highest BCUT2D eigenvalue weighted by Gasteiger charge is 2.25. The van der Waals surface area contributed by atoms with E-state index in [-0.39, 0.29) is 0 Å². The molecular weight excluding hydrogens is 216 g/mol. The lowest BCUT2D eigenvalue weighted by Crippen LogP contribution is -2.54. The maximum atomic E-state index is 4.41. The van der Waals surface area contributed by atoms with E-state index in [1.807, 2.05) is 0 Å². The first kappa shape index (κ1) is 10.5. The van der Waals surface area contributed by atoms with Gasteiger partial charge < -0.3 is 10.2 Å². The number of hydrogen-bond donors (Lipinski definition) is 2. The summed E-state index contributed by atoms with van der Waals surface area (Å²) in [5.41, 5.74) is 0.799. The van der Waals surface area contributed by atoms with E-state index in [0.717, 1.165) is 29.9 Å².